The molecular formula is C7H7FKN2O3-. The van der Waals surface area contributed by atoms with Crippen LogP contribution in [0.4, 0.5) is 4.39 Å². The number of aromatic nitrogens is 2. The molecule has 0 atom stereocenters. The van der Waals surface area contributed by atoms with Crippen molar-refractivity contribution >= 4 is 6.29 Å². The molecule has 14 heavy (non-hydrogen) atoms. The molecule has 1 heterocycles. The standard InChI is InChI=1S/C7H6FN2O2.K.H2O/c8-4-7(1-2-7)6-9-5(3-11)12-10-6;;/h1-2,4H2;;1H2/q-1;+1;/p-1. The van der Waals surface area contributed by atoms with Gasteiger partial charge in [-0.2, -0.15) is 6.29 Å². The Morgan fingerprint density at radius 3 is 2.57 bits per heavy atom. The van der Waals surface area contributed by atoms with E-state index in [1.807, 2.05) is 0 Å². The van der Waals surface area contributed by atoms with Crippen molar-refractivity contribution in [2.24, 2.45) is 0 Å². The summed E-state index contributed by atoms with van der Waals surface area (Å²) in [6, 6.07) is 0. The summed E-state index contributed by atoms with van der Waals surface area (Å²) in [4.78, 5) is 13.7. The van der Waals surface area contributed by atoms with Crippen LogP contribution in [-0.2, 0) is 10.2 Å². The molecule has 1 aliphatic carbocycles. The second-order valence-electron chi connectivity index (χ2n) is 2.94. The predicted molar refractivity (Wildman–Crippen MR) is 37.9 cm³/mol. The van der Waals surface area contributed by atoms with Crippen LogP contribution in [0.15, 0.2) is 4.52 Å². The molecule has 1 saturated carbocycles. The quantitative estimate of drug-likeness (QED) is 0.414. The van der Waals surface area contributed by atoms with E-state index in [0.717, 1.165) is 12.8 Å². The van der Waals surface area contributed by atoms with Crippen molar-refractivity contribution in [1.29, 1.82) is 0 Å². The summed E-state index contributed by atoms with van der Waals surface area (Å²) in [6.07, 6.45) is 2.91. The van der Waals surface area contributed by atoms with Gasteiger partial charge in [0.25, 0.3) is 0 Å². The van der Waals surface area contributed by atoms with Crippen LogP contribution in [0.5, 0.6) is 0 Å². The summed E-state index contributed by atoms with van der Waals surface area (Å²) >= 11 is 0. The first kappa shape index (κ1) is 14.3. The fraction of sp³-hybridized carbons (Fsp3) is 0.571. The molecule has 1 aromatic rings. The Morgan fingerprint density at radius 2 is 2.21 bits per heavy atom. The molecular weight excluding hydrogens is 218 g/mol. The summed E-state index contributed by atoms with van der Waals surface area (Å²) in [5, 5.41) is 3.50. The van der Waals surface area contributed by atoms with Gasteiger partial charge in [0.2, 0.25) is 0 Å². The minimum absolute atomic E-state index is 0. The molecule has 0 spiro atoms. The van der Waals surface area contributed by atoms with Crippen molar-refractivity contribution in [1.82, 2.24) is 10.1 Å². The van der Waals surface area contributed by atoms with Crippen LogP contribution in [0.25, 0.3) is 0 Å². The SMILES string of the molecule is O=[C-]c1nc(C2(CF)CC2)no1.[K+].[OH-]. The van der Waals surface area contributed by atoms with Gasteiger partial charge in [-0.1, -0.05) is 5.16 Å². The Balaban J connectivity index is 0.000000845. The number of hydrogen-bond donors (Lipinski definition) is 0. The Hall–Kier alpha value is 0.336. The van der Waals surface area contributed by atoms with Crippen LogP contribution in [0.1, 0.15) is 24.6 Å². The van der Waals surface area contributed by atoms with E-state index in [1.54, 1.807) is 0 Å². The second kappa shape index (κ2) is 5.43. The van der Waals surface area contributed by atoms with Crippen LogP contribution in [-0.4, -0.2) is 28.6 Å². The van der Waals surface area contributed by atoms with Gasteiger partial charge >= 0.3 is 51.4 Å². The predicted octanol–water partition coefficient (Wildman–Crippen LogP) is -2.64. The van der Waals surface area contributed by atoms with E-state index >= 15 is 0 Å². The van der Waals surface area contributed by atoms with Crippen LogP contribution < -0.4 is 51.4 Å². The van der Waals surface area contributed by atoms with Gasteiger partial charge in [0.15, 0.2) is 5.82 Å². The van der Waals surface area contributed by atoms with Gasteiger partial charge in [-0.3, -0.25) is 0 Å². The van der Waals surface area contributed by atoms with Crippen molar-refractivity contribution < 1.29 is 70.6 Å². The number of rotatable bonds is 3. The van der Waals surface area contributed by atoms with E-state index in [1.165, 1.54) is 6.29 Å². The second-order valence-corrected chi connectivity index (χ2v) is 2.94. The molecule has 1 aromatic heterocycles. The maximum atomic E-state index is 12.4. The van der Waals surface area contributed by atoms with E-state index in [-0.39, 0.29) is 62.8 Å². The largest absolute Gasteiger partial charge is 1.00 e. The fourth-order valence-corrected chi connectivity index (χ4v) is 1.05. The van der Waals surface area contributed by atoms with Crippen molar-refractivity contribution in [2.75, 3.05) is 6.67 Å². The monoisotopic (exact) mass is 225 g/mol. The fourth-order valence-electron chi connectivity index (χ4n) is 1.05. The molecule has 0 aliphatic heterocycles. The first-order valence-electron chi connectivity index (χ1n) is 3.59. The van der Waals surface area contributed by atoms with E-state index in [2.05, 4.69) is 14.7 Å². The van der Waals surface area contributed by atoms with E-state index < -0.39 is 12.1 Å². The summed E-state index contributed by atoms with van der Waals surface area (Å²) < 4.78 is 16.9. The maximum Gasteiger partial charge on any atom is 1.00 e. The van der Waals surface area contributed by atoms with Crippen LogP contribution in [0, 0.1) is 0 Å². The number of alkyl halides is 1. The normalized spacial score (nSPS) is 16.4. The summed E-state index contributed by atoms with van der Waals surface area (Å²) in [5.74, 6) is 0.0908. The first-order chi connectivity index (χ1) is 5.80. The molecule has 0 aromatic carbocycles. The number of halogens is 1. The van der Waals surface area contributed by atoms with Crippen LogP contribution in [0.2, 0.25) is 0 Å². The smallest absolute Gasteiger partial charge is 0.870 e. The Bertz CT molecular complexity index is 314. The Labute approximate surface area is 122 Å². The van der Waals surface area contributed by atoms with Gasteiger partial charge in [0.05, 0.1) is 5.41 Å². The molecule has 2 rings (SSSR count). The molecule has 1 fully saturated rings. The van der Waals surface area contributed by atoms with Gasteiger partial charge < -0.3 is 14.8 Å². The van der Waals surface area contributed by atoms with Crippen molar-refractivity contribution in [3.63, 3.8) is 0 Å². The molecule has 72 valence electrons. The van der Waals surface area contributed by atoms with E-state index in [9.17, 15) is 9.18 Å². The molecule has 0 unspecified atom stereocenters. The van der Waals surface area contributed by atoms with E-state index in [0.29, 0.717) is 5.82 Å². The minimum Gasteiger partial charge on any atom is -0.870 e. The molecule has 7 heteroatoms. The molecule has 0 amide bonds. The van der Waals surface area contributed by atoms with Crippen LogP contribution >= 0.6 is 0 Å². The maximum absolute atomic E-state index is 12.4. The van der Waals surface area contributed by atoms with Gasteiger partial charge in [-0.05, 0) is 12.8 Å². The number of hydrogen-bond acceptors (Lipinski definition) is 5. The summed E-state index contributed by atoms with van der Waals surface area (Å²) in [5.41, 5.74) is -0.557. The third-order valence-corrected chi connectivity index (χ3v) is 2.10. The topological polar surface area (TPSA) is 86.0 Å². The average Bonchev–Trinajstić information content (AvgIpc) is 2.77. The molecule has 0 bridgehead atoms. The summed E-state index contributed by atoms with van der Waals surface area (Å²) in [6.45, 7) is -0.495. The summed E-state index contributed by atoms with van der Waals surface area (Å²) in [7, 11) is 0. The molecule has 1 N–H and O–H groups in total. The zero-order valence-electron chi connectivity index (χ0n) is 7.66. The zero-order valence-corrected chi connectivity index (χ0v) is 10.8. The van der Waals surface area contributed by atoms with Crippen LogP contribution in [0.3, 0.4) is 0 Å². The van der Waals surface area contributed by atoms with Gasteiger partial charge in [-0.25, -0.2) is 9.37 Å². The average molecular weight is 225 g/mol. The Morgan fingerprint density at radius 1 is 1.57 bits per heavy atom. The molecule has 1 aliphatic rings. The van der Waals surface area contributed by atoms with E-state index in [4.69, 9.17) is 0 Å². The number of carbonyl (C=O) groups excluding carboxylic acids is 1. The molecule has 0 radical (unpaired) electrons. The molecule has 0 saturated heterocycles. The number of nitrogens with zero attached hydrogens (tertiary/aromatic N) is 2. The van der Waals surface area contributed by atoms with Crippen molar-refractivity contribution in [3.05, 3.63) is 11.7 Å². The van der Waals surface area contributed by atoms with Crippen molar-refractivity contribution in [2.45, 2.75) is 18.3 Å². The molecule has 5 nitrogen and oxygen atoms in total. The van der Waals surface area contributed by atoms with Gasteiger partial charge in [-0.15, -0.1) is 0 Å². The van der Waals surface area contributed by atoms with Gasteiger partial charge in [0.1, 0.15) is 12.6 Å². The zero-order chi connectivity index (χ0) is 8.60. The van der Waals surface area contributed by atoms with Gasteiger partial charge in [0, 0.05) is 0 Å². The first-order valence-corrected chi connectivity index (χ1v) is 3.59. The van der Waals surface area contributed by atoms with Crippen molar-refractivity contribution in [3.8, 4) is 0 Å². The minimum atomic E-state index is -0.557. The third kappa shape index (κ3) is 2.47. The Kier molecular flexibility index (Phi) is 5.56. The third-order valence-electron chi connectivity index (χ3n) is 2.10.